The van der Waals surface area contributed by atoms with E-state index >= 15 is 0 Å². The molecule has 1 aromatic heterocycles. The van der Waals surface area contributed by atoms with Crippen LogP contribution in [-0.2, 0) is 6.42 Å². The van der Waals surface area contributed by atoms with E-state index in [0.717, 1.165) is 13.0 Å². The minimum atomic E-state index is 0.285. The average molecular weight is 292 g/mol. The Labute approximate surface area is 132 Å². The molecule has 1 atom stereocenters. The Morgan fingerprint density at radius 1 is 1.00 bits per heavy atom. The zero-order chi connectivity index (χ0) is 15.5. The molecular formula is C20H24N2. The molecule has 114 valence electrons. The second-order valence-corrected chi connectivity index (χ2v) is 5.61. The van der Waals surface area contributed by atoms with Crippen LogP contribution in [0.4, 0.5) is 0 Å². The van der Waals surface area contributed by atoms with Crippen LogP contribution in [-0.4, -0.2) is 11.5 Å². The van der Waals surface area contributed by atoms with Gasteiger partial charge in [0, 0.05) is 23.1 Å². The maximum atomic E-state index is 3.64. The van der Waals surface area contributed by atoms with Crippen molar-refractivity contribution in [1.82, 2.24) is 10.3 Å². The molecule has 0 aliphatic carbocycles. The van der Waals surface area contributed by atoms with Gasteiger partial charge in [-0.2, -0.15) is 0 Å². The summed E-state index contributed by atoms with van der Waals surface area (Å²) in [7, 11) is 0. The quantitative estimate of drug-likeness (QED) is 0.666. The summed E-state index contributed by atoms with van der Waals surface area (Å²) in [6.07, 6.45) is 1.10. The predicted octanol–water partition coefficient (Wildman–Crippen LogP) is 4.74. The van der Waals surface area contributed by atoms with E-state index in [2.05, 4.69) is 65.8 Å². The van der Waals surface area contributed by atoms with Gasteiger partial charge in [0.1, 0.15) is 0 Å². The van der Waals surface area contributed by atoms with Gasteiger partial charge in [-0.05, 0) is 36.6 Å². The van der Waals surface area contributed by atoms with E-state index in [9.17, 15) is 0 Å². The standard InChI is InChI=1S/C18H18N2.C2H6/c1-12-7-8-16-15(11-12)14-9-10-19-17(18(14)20-16)13-5-3-2-4-6-13;1-2/h2-8,11,17,19-20H,9-10H2,1H3;1-2H3. The summed E-state index contributed by atoms with van der Waals surface area (Å²) in [4.78, 5) is 3.63. The second kappa shape index (κ2) is 6.37. The molecule has 0 spiro atoms. The molecule has 2 aromatic carbocycles. The van der Waals surface area contributed by atoms with Gasteiger partial charge in [-0.3, -0.25) is 0 Å². The van der Waals surface area contributed by atoms with Crippen LogP contribution >= 0.6 is 0 Å². The van der Waals surface area contributed by atoms with Gasteiger partial charge in [-0.15, -0.1) is 0 Å². The van der Waals surface area contributed by atoms with E-state index in [0.29, 0.717) is 0 Å². The monoisotopic (exact) mass is 292 g/mol. The Balaban J connectivity index is 0.000000693. The predicted molar refractivity (Wildman–Crippen MR) is 94.4 cm³/mol. The highest BCUT2D eigenvalue weighted by Gasteiger charge is 2.24. The molecular weight excluding hydrogens is 268 g/mol. The SMILES string of the molecule is CC.Cc1ccc2[nH]c3c(c2c1)CCNC3c1ccccc1. The second-order valence-electron chi connectivity index (χ2n) is 5.61. The molecule has 0 bridgehead atoms. The molecule has 0 amide bonds. The number of aromatic nitrogens is 1. The molecule has 2 heterocycles. The van der Waals surface area contributed by atoms with Gasteiger partial charge in [0.2, 0.25) is 0 Å². The fourth-order valence-electron chi connectivity index (χ4n) is 3.27. The largest absolute Gasteiger partial charge is 0.357 e. The van der Waals surface area contributed by atoms with Crippen molar-refractivity contribution >= 4 is 10.9 Å². The van der Waals surface area contributed by atoms with Gasteiger partial charge in [-0.25, -0.2) is 0 Å². The number of rotatable bonds is 1. The summed E-state index contributed by atoms with van der Waals surface area (Å²) >= 11 is 0. The zero-order valence-corrected chi connectivity index (χ0v) is 13.6. The van der Waals surface area contributed by atoms with Crippen LogP contribution in [0.25, 0.3) is 10.9 Å². The first-order valence-electron chi connectivity index (χ1n) is 8.22. The first-order chi connectivity index (χ1) is 10.8. The van der Waals surface area contributed by atoms with Crippen molar-refractivity contribution in [2.75, 3.05) is 6.54 Å². The van der Waals surface area contributed by atoms with Gasteiger partial charge >= 0.3 is 0 Å². The Morgan fingerprint density at radius 3 is 2.55 bits per heavy atom. The lowest BCUT2D eigenvalue weighted by molar-refractivity contribution is 0.560. The van der Waals surface area contributed by atoms with Crippen molar-refractivity contribution in [2.24, 2.45) is 0 Å². The van der Waals surface area contributed by atoms with Crippen molar-refractivity contribution in [3.8, 4) is 0 Å². The maximum Gasteiger partial charge on any atom is 0.0732 e. The summed E-state index contributed by atoms with van der Waals surface area (Å²) in [5.74, 6) is 0. The molecule has 4 rings (SSSR count). The molecule has 0 saturated heterocycles. The number of H-pyrrole nitrogens is 1. The minimum absolute atomic E-state index is 0.285. The first-order valence-corrected chi connectivity index (χ1v) is 8.22. The van der Waals surface area contributed by atoms with Crippen molar-refractivity contribution in [1.29, 1.82) is 0 Å². The van der Waals surface area contributed by atoms with Crippen molar-refractivity contribution in [2.45, 2.75) is 33.2 Å². The fourth-order valence-corrected chi connectivity index (χ4v) is 3.27. The highest BCUT2D eigenvalue weighted by molar-refractivity contribution is 5.86. The average Bonchev–Trinajstić information content (AvgIpc) is 2.95. The number of hydrogen-bond acceptors (Lipinski definition) is 1. The molecule has 3 aromatic rings. The topological polar surface area (TPSA) is 27.8 Å². The molecule has 2 N–H and O–H groups in total. The third kappa shape index (κ3) is 2.55. The maximum absolute atomic E-state index is 3.64. The third-order valence-electron chi connectivity index (χ3n) is 4.24. The van der Waals surface area contributed by atoms with Crippen molar-refractivity contribution < 1.29 is 0 Å². The fraction of sp³-hybridized carbons (Fsp3) is 0.300. The van der Waals surface area contributed by atoms with Gasteiger partial charge in [0.05, 0.1) is 6.04 Å². The molecule has 2 nitrogen and oxygen atoms in total. The lowest BCUT2D eigenvalue weighted by Gasteiger charge is -2.24. The molecule has 2 heteroatoms. The summed E-state index contributed by atoms with van der Waals surface area (Å²) in [5.41, 5.74) is 6.73. The van der Waals surface area contributed by atoms with Gasteiger partial charge in [0.25, 0.3) is 0 Å². The summed E-state index contributed by atoms with van der Waals surface area (Å²) in [6.45, 7) is 7.20. The number of aryl methyl sites for hydroxylation is 1. The summed E-state index contributed by atoms with van der Waals surface area (Å²) in [5, 5.41) is 5.03. The smallest absolute Gasteiger partial charge is 0.0732 e. The molecule has 22 heavy (non-hydrogen) atoms. The minimum Gasteiger partial charge on any atom is -0.357 e. The lowest BCUT2D eigenvalue weighted by Crippen LogP contribution is -2.30. The van der Waals surface area contributed by atoms with E-state index in [1.807, 2.05) is 13.8 Å². The zero-order valence-electron chi connectivity index (χ0n) is 13.6. The molecule has 0 fully saturated rings. The highest BCUT2D eigenvalue weighted by atomic mass is 15.0. The van der Waals surface area contributed by atoms with Gasteiger partial charge < -0.3 is 10.3 Å². The lowest BCUT2D eigenvalue weighted by atomic mass is 9.94. The molecule has 0 saturated carbocycles. The van der Waals surface area contributed by atoms with Crippen LogP contribution in [0.3, 0.4) is 0 Å². The highest BCUT2D eigenvalue weighted by Crippen LogP contribution is 2.33. The summed E-state index contributed by atoms with van der Waals surface area (Å²) < 4.78 is 0. The normalized spacial score (nSPS) is 16.8. The molecule has 1 aliphatic rings. The number of benzene rings is 2. The van der Waals surface area contributed by atoms with Gasteiger partial charge in [-0.1, -0.05) is 55.8 Å². The van der Waals surface area contributed by atoms with E-state index in [1.165, 1.54) is 33.3 Å². The number of fused-ring (bicyclic) bond motifs is 3. The Hall–Kier alpha value is -2.06. The van der Waals surface area contributed by atoms with E-state index < -0.39 is 0 Å². The van der Waals surface area contributed by atoms with Gasteiger partial charge in [0.15, 0.2) is 0 Å². The molecule has 1 aliphatic heterocycles. The Morgan fingerprint density at radius 2 is 1.77 bits per heavy atom. The van der Waals surface area contributed by atoms with Crippen LogP contribution in [0.5, 0.6) is 0 Å². The van der Waals surface area contributed by atoms with E-state index in [4.69, 9.17) is 0 Å². The molecule has 0 radical (unpaired) electrons. The van der Waals surface area contributed by atoms with Crippen LogP contribution in [0.1, 0.15) is 42.3 Å². The van der Waals surface area contributed by atoms with E-state index in [1.54, 1.807) is 0 Å². The Bertz CT molecular complexity index is 756. The van der Waals surface area contributed by atoms with Crippen molar-refractivity contribution in [3.63, 3.8) is 0 Å². The van der Waals surface area contributed by atoms with Crippen LogP contribution in [0, 0.1) is 6.92 Å². The third-order valence-corrected chi connectivity index (χ3v) is 4.24. The summed E-state index contributed by atoms with van der Waals surface area (Å²) in [6, 6.07) is 17.6. The van der Waals surface area contributed by atoms with Crippen LogP contribution in [0.2, 0.25) is 0 Å². The van der Waals surface area contributed by atoms with Crippen molar-refractivity contribution in [3.05, 3.63) is 70.9 Å². The van der Waals surface area contributed by atoms with Crippen LogP contribution < -0.4 is 5.32 Å². The molecule has 1 unspecified atom stereocenters. The number of nitrogens with one attached hydrogen (secondary N) is 2. The first kappa shape index (κ1) is 14.9. The number of hydrogen-bond donors (Lipinski definition) is 2. The van der Waals surface area contributed by atoms with E-state index in [-0.39, 0.29) is 6.04 Å². The van der Waals surface area contributed by atoms with Crippen LogP contribution in [0.15, 0.2) is 48.5 Å². The Kier molecular flexibility index (Phi) is 4.30. The number of aromatic amines is 1.